The number of rotatable bonds is 51. The highest BCUT2D eigenvalue weighted by Gasteiger charge is 2.21. The van der Waals surface area contributed by atoms with Gasteiger partial charge in [0.2, 0.25) is 0 Å². The van der Waals surface area contributed by atoms with Crippen LogP contribution in [0.1, 0.15) is 213 Å². The van der Waals surface area contributed by atoms with Crippen molar-refractivity contribution >= 4 is 19.8 Å². The molecule has 0 heterocycles. The predicted molar refractivity (Wildman–Crippen MR) is 309 cm³/mol. The molecule has 0 spiro atoms. The number of quaternary nitrogens is 1. The van der Waals surface area contributed by atoms with Crippen LogP contribution < -0.4 is 4.89 Å². The largest absolute Gasteiger partial charge is 0.756 e. The molecule has 0 amide bonds. The highest BCUT2D eigenvalue weighted by molar-refractivity contribution is 7.45. The molecule has 0 N–H and O–H groups in total. The van der Waals surface area contributed by atoms with Crippen molar-refractivity contribution in [3.8, 4) is 0 Å². The summed E-state index contributed by atoms with van der Waals surface area (Å²) in [6.07, 6.45) is 75.3. The minimum Gasteiger partial charge on any atom is -0.756 e. The molecule has 73 heavy (non-hydrogen) atoms. The number of allylic oxidation sites excluding steroid dienone is 20. The molecule has 9 nitrogen and oxygen atoms in total. The number of esters is 2. The number of ether oxygens (including phenoxy) is 2. The van der Waals surface area contributed by atoms with Crippen LogP contribution in [0.15, 0.2) is 122 Å². The zero-order chi connectivity index (χ0) is 53.5. The van der Waals surface area contributed by atoms with Crippen molar-refractivity contribution in [3.63, 3.8) is 0 Å². The first kappa shape index (κ1) is 69.4. The fourth-order valence-electron chi connectivity index (χ4n) is 7.29. The topological polar surface area (TPSA) is 111 Å². The Morgan fingerprint density at radius 2 is 0.781 bits per heavy atom. The Bertz CT molecular complexity index is 1650. The van der Waals surface area contributed by atoms with Crippen molar-refractivity contribution in [1.29, 1.82) is 0 Å². The van der Waals surface area contributed by atoms with Crippen molar-refractivity contribution in [3.05, 3.63) is 122 Å². The van der Waals surface area contributed by atoms with E-state index in [1.807, 2.05) is 21.1 Å². The third-order valence-corrected chi connectivity index (χ3v) is 12.7. The summed E-state index contributed by atoms with van der Waals surface area (Å²) in [5.41, 5.74) is 0. The van der Waals surface area contributed by atoms with E-state index in [0.717, 1.165) is 103 Å². The summed E-state index contributed by atoms with van der Waals surface area (Å²) in [7, 11) is 1.12. The highest BCUT2D eigenvalue weighted by Crippen LogP contribution is 2.38. The van der Waals surface area contributed by atoms with E-state index in [4.69, 9.17) is 18.5 Å². The van der Waals surface area contributed by atoms with Gasteiger partial charge in [0.1, 0.15) is 19.8 Å². The third kappa shape index (κ3) is 57.5. The Kier molecular flexibility index (Phi) is 50.6. The number of hydrogen-bond donors (Lipinski definition) is 0. The Balaban J connectivity index is 4.30. The molecule has 0 saturated heterocycles. The first-order valence-electron chi connectivity index (χ1n) is 28.7. The number of phosphoric acid groups is 1. The van der Waals surface area contributed by atoms with Gasteiger partial charge >= 0.3 is 11.9 Å². The van der Waals surface area contributed by atoms with E-state index in [1.54, 1.807) is 0 Å². The van der Waals surface area contributed by atoms with Crippen LogP contribution in [-0.4, -0.2) is 70.0 Å². The lowest BCUT2D eigenvalue weighted by molar-refractivity contribution is -0.870. The maximum Gasteiger partial charge on any atom is 0.306 e. The SMILES string of the molecule is CC/C=C\C/C=C\C/C=C\C/C=C\C/C=C\C/C=C\C/C=C\C/C=C\C/C=C\CCCCCC(=O)OC(COC(=O)CCCCCCCCC/C=C\CCCCCCCCC)COP(=O)([O-])OCC[N+](C)(C)C. The van der Waals surface area contributed by atoms with Crippen LogP contribution in [-0.2, 0) is 32.7 Å². The Hall–Kier alpha value is -3.59. The second-order valence-electron chi connectivity index (χ2n) is 19.9. The molecule has 10 heteroatoms. The van der Waals surface area contributed by atoms with Gasteiger partial charge in [-0.25, -0.2) is 0 Å². The van der Waals surface area contributed by atoms with Crippen molar-refractivity contribution in [1.82, 2.24) is 0 Å². The molecular weight excluding hydrogens is 930 g/mol. The summed E-state index contributed by atoms with van der Waals surface area (Å²) < 4.78 is 34.1. The predicted octanol–water partition coefficient (Wildman–Crippen LogP) is 17.3. The molecule has 416 valence electrons. The van der Waals surface area contributed by atoms with Crippen LogP contribution in [0, 0.1) is 0 Å². The molecule has 0 aromatic heterocycles. The fraction of sp³-hybridized carbons (Fsp3) is 0.651. The van der Waals surface area contributed by atoms with Crippen LogP contribution >= 0.6 is 7.82 Å². The number of carbonyl (C=O) groups excluding carboxylic acids is 2. The smallest absolute Gasteiger partial charge is 0.306 e. The second kappa shape index (κ2) is 53.2. The molecule has 0 aromatic carbocycles. The number of phosphoric ester groups is 1. The Labute approximate surface area is 448 Å². The zero-order valence-corrected chi connectivity index (χ0v) is 47.9. The van der Waals surface area contributed by atoms with Gasteiger partial charge < -0.3 is 27.9 Å². The first-order chi connectivity index (χ1) is 35.5. The molecule has 0 rings (SSSR count). The van der Waals surface area contributed by atoms with Crippen molar-refractivity contribution < 1.29 is 42.1 Å². The number of unbranched alkanes of at least 4 members (excludes halogenated alkanes) is 17. The van der Waals surface area contributed by atoms with Crippen molar-refractivity contribution in [2.75, 3.05) is 47.5 Å². The Morgan fingerprint density at radius 1 is 0.438 bits per heavy atom. The zero-order valence-electron chi connectivity index (χ0n) is 47.0. The normalized spacial score (nSPS) is 14.2. The summed E-state index contributed by atoms with van der Waals surface area (Å²) in [5.74, 6) is -0.884. The highest BCUT2D eigenvalue weighted by atomic mass is 31.2. The van der Waals surface area contributed by atoms with E-state index >= 15 is 0 Å². The van der Waals surface area contributed by atoms with Crippen LogP contribution in [0.2, 0.25) is 0 Å². The minimum absolute atomic E-state index is 0.0449. The van der Waals surface area contributed by atoms with Gasteiger partial charge in [-0.05, 0) is 109 Å². The summed E-state index contributed by atoms with van der Waals surface area (Å²) in [6.45, 7) is 4.06. The lowest BCUT2D eigenvalue weighted by atomic mass is 10.1. The van der Waals surface area contributed by atoms with E-state index in [-0.39, 0.29) is 26.1 Å². The maximum atomic E-state index is 12.8. The maximum absolute atomic E-state index is 12.8. The first-order valence-corrected chi connectivity index (χ1v) is 30.2. The van der Waals surface area contributed by atoms with Crippen molar-refractivity contribution in [2.45, 2.75) is 219 Å². The van der Waals surface area contributed by atoms with Crippen LogP contribution in [0.4, 0.5) is 0 Å². The van der Waals surface area contributed by atoms with E-state index in [2.05, 4.69) is 135 Å². The Morgan fingerprint density at radius 3 is 1.19 bits per heavy atom. The molecule has 0 aromatic rings. The minimum atomic E-state index is -4.65. The number of nitrogens with zero attached hydrogens (tertiary/aromatic N) is 1. The molecule has 0 radical (unpaired) electrons. The average Bonchev–Trinajstić information content (AvgIpc) is 3.35. The quantitative estimate of drug-likeness (QED) is 0.0195. The number of carbonyl (C=O) groups is 2. The molecule has 0 aliphatic rings. The van der Waals surface area contributed by atoms with Gasteiger partial charge in [0.05, 0.1) is 27.7 Å². The van der Waals surface area contributed by atoms with E-state index in [1.165, 1.54) is 70.6 Å². The van der Waals surface area contributed by atoms with Gasteiger partial charge in [-0.2, -0.15) is 0 Å². The van der Waals surface area contributed by atoms with Gasteiger partial charge in [0, 0.05) is 12.8 Å². The van der Waals surface area contributed by atoms with Crippen LogP contribution in [0.3, 0.4) is 0 Å². The molecular formula is C63H106NO8P. The summed E-state index contributed by atoms with van der Waals surface area (Å²) in [5, 5.41) is 0. The van der Waals surface area contributed by atoms with Gasteiger partial charge in [0.25, 0.3) is 7.82 Å². The van der Waals surface area contributed by atoms with Crippen LogP contribution in [0.25, 0.3) is 0 Å². The van der Waals surface area contributed by atoms with E-state index < -0.39 is 32.5 Å². The molecule has 0 fully saturated rings. The average molecular weight is 1040 g/mol. The van der Waals surface area contributed by atoms with E-state index in [0.29, 0.717) is 23.9 Å². The molecule has 0 saturated carbocycles. The molecule has 0 aliphatic carbocycles. The monoisotopic (exact) mass is 1040 g/mol. The standard InChI is InChI=1S/C63H106NO8P/c1-6-8-10-12-14-16-18-20-22-24-26-27-28-29-30-31-32-33-34-35-36-37-38-40-42-44-46-48-50-52-54-56-63(66)72-61(60-71-73(67,68)70-58-57-64(3,4)5)59-69-62(65)55-53-51-49-47-45-43-41-39-25-23-21-19-17-15-13-11-9-7-2/h8,10,14,16,20,22-23,25-27,29-30,32-33,35-36,38,40,44,46,61H,6-7,9,11-13,15,17-19,21,24,28,31,34,37,39,41-43,45,47-60H2,1-5H3/b10-8-,16-14-,22-20-,25-23-,27-26-,30-29-,33-32-,36-35-,40-38-,46-44-. The van der Waals surface area contributed by atoms with Crippen LogP contribution in [0.5, 0.6) is 0 Å². The molecule has 0 bridgehead atoms. The summed E-state index contributed by atoms with van der Waals surface area (Å²) in [6, 6.07) is 0. The number of hydrogen-bond acceptors (Lipinski definition) is 8. The van der Waals surface area contributed by atoms with Gasteiger partial charge in [-0.3, -0.25) is 14.2 Å². The van der Waals surface area contributed by atoms with Gasteiger partial charge in [-0.1, -0.05) is 212 Å². The summed E-state index contributed by atoms with van der Waals surface area (Å²) in [4.78, 5) is 37.8. The number of likely N-dealkylation sites (N-methyl/N-ethyl adjacent to an activating group) is 1. The molecule has 2 unspecified atom stereocenters. The summed E-state index contributed by atoms with van der Waals surface area (Å²) >= 11 is 0. The van der Waals surface area contributed by atoms with Gasteiger partial charge in [-0.15, -0.1) is 0 Å². The van der Waals surface area contributed by atoms with Crippen molar-refractivity contribution in [2.24, 2.45) is 0 Å². The second-order valence-corrected chi connectivity index (χ2v) is 21.3. The fourth-order valence-corrected chi connectivity index (χ4v) is 8.02. The lowest BCUT2D eigenvalue weighted by Crippen LogP contribution is -2.37. The molecule has 2 atom stereocenters. The van der Waals surface area contributed by atoms with E-state index in [9.17, 15) is 19.0 Å². The van der Waals surface area contributed by atoms with Gasteiger partial charge in [0.15, 0.2) is 6.10 Å². The lowest BCUT2D eigenvalue weighted by Gasteiger charge is -2.28. The third-order valence-electron chi connectivity index (χ3n) is 11.7. The molecule has 0 aliphatic heterocycles.